The van der Waals surface area contributed by atoms with Gasteiger partial charge in [0.15, 0.2) is 0 Å². The van der Waals surface area contributed by atoms with Crippen molar-refractivity contribution in [2.45, 2.75) is 70.8 Å². The molecule has 0 bridgehead atoms. The minimum Gasteiger partial charge on any atom is -0.446 e. The molecule has 6 nitrogen and oxygen atoms in total. The maximum absolute atomic E-state index is 13.6. The minimum atomic E-state index is -5.15. The van der Waals surface area contributed by atoms with E-state index in [1.807, 2.05) is 0 Å². The Hall–Kier alpha value is -3.52. The number of carbonyl (C=O) groups is 2. The smallest absolute Gasteiger partial charge is 0.433 e. The summed E-state index contributed by atoms with van der Waals surface area (Å²) in [5.41, 5.74) is -5.66. The first kappa shape index (κ1) is 31.0. The van der Waals surface area contributed by atoms with Gasteiger partial charge in [0.1, 0.15) is 5.69 Å². The molecule has 220 valence electrons. The molecule has 2 heterocycles. The first-order valence-electron chi connectivity index (χ1n) is 11.9. The van der Waals surface area contributed by atoms with Crippen LogP contribution in [0.3, 0.4) is 0 Å². The molecule has 1 aromatic carbocycles. The molecule has 1 unspecified atom stereocenters. The highest BCUT2D eigenvalue weighted by Crippen LogP contribution is 2.41. The molecule has 0 aliphatic carbocycles. The summed E-state index contributed by atoms with van der Waals surface area (Å²) in [5, 5.41) is 0. The van der Waals surface area contributed by atoms with Crippen LogP contribution in [0, 0.1) is 0 Å². The second-order valence-electron chi connectivity index (χ2n) is 9.40. The Balaban J connectivity index is 2.16. The number of hydrogen-bond donors (Lipinski definition) is 0. The van der Waals surface area contributed by atoms with Crippen molar-refractivity contribution in [3.05, 3.63) is 58.4 Å². The summed E-state index contributed by atoms with van der Waals surface area (Å²) in [5.74, 6) is -0.848. The highest BCUT2D eigenvalue weighted by Gasteiger charge is 2.40. The van der Waals surface area contributed by atoms with E-state index in [0.29, 0.717) is 18.2 Å². The molecule has 3 rings (SSSR count). The van der Waals surface area contributed by atoms with Crippen LogP contribution >= 0.6 is 0 Å². The van der Waals surface area contributed by atoms with Gasteiger partial charge in [-0.05, 0) is 62.6 Å². The number of ether oxygens (including phenoxy) is 1. The number of nitrogens with zero attached hydrogens (tertiary/aromatic N) is 3. The number of amides is 2. The molecule has 1 aliphatic heterocycles. The molecule has 0 saturated heterocycles. The second-order valence-corrected chi connectivity index (χ2v) is 9.40. The first-order valence-corrected chi connectivity index (χ1v) is 11.9. The van der Waals surface area contributed by atoms with Crippen molar-refractivity contribution in [3.63, 3.8) is 0 Å². The lowest BCUT2D eigenvalue weighted by atomic mass is 10.0. The standard InChI is InChI=1S/C25H24F9N3O3/c1-13(2)40-22(39)36-8-4-5-18(21-19(36)6-7-20(35-21)25(32,33)34)37(14(3)38)12-15-9-16(23(26,27)28)11-17(10-15)24(29,30)31/h6-7,9-11,13,18H,4-5,8,12H2,1-3H3. The van der Waals surface area contributed by atoms with Crippen LogP contribution in [0.2, 0.25) is 0 Å². The molecule has 0 fully saturated rings. The third kappa shape index (κ3) is 7.16. The number of pyridine rings is 1. The molecule has 1 aromatic heterocycles. The van der Waals surface area contributed by atoms with E-state index in [-0.39, 0.29) is 31.1 Å². The van der Waals surface area contributed by atoms with Gasteiger partial charge in [-0.2, -0.15) is 39.5 Å². The van der Waals surface area contributed by atoms with Crippen LogP contribution in [0.5, 0.6) is 0 Å². The maximum atomic E-state index is 13.6. The average molecular weight is 585 g/mol. The van der Waals surface area contributed by atoms with Crippen LogP contribution in [-0.4, -0.2) is 34.5 Å². The molecule has 1 atom stereocenters. The third-order valence-electron chi connectivity index (χ3n) is 6.00. The number of carbonyl (C=O) groups excluding carboxylic acids is 2. The van der Waals surface area contributed by atoms with Gasteiger partial charge in [0.25, 0.3) is 0 Å². The molecule has 0 saturated carbocycles. The van der Waals surface area contributed by atoms with E-state index in [0.717, 1.165) is 22.8 Å². The van der Waals surface area contributed by atoms with Gasteiger partial charge in [0, 0.05) is 20.0 Å². The van der Waals surface area contributed by atoms with Crippen molar-refractivity contribution in [1.29, 1.82) is 0 Å². The van der Waals surface area contributed by atoms with Crippen molar-refractivity contribution >= 4 is 17.7 Å². The van der Waals surface area contributed by atoms with Gasteiger partial charge in [-0.25, -0.2) is 9.78 Å². The summed E-state index contributed by atoms with van der Waals surface area (Å²) in [6.07, 6.45) is -16.7. The van der Waals surface area contributed by atoms with Gasteiger partial charge in [-0.15, -0.1) is 0 Å². The number of rotatable bonds is 4. The Kier molecular flexibility index (Phi) is 8.65. The summed E-state index contributed by atoms with van der Waals surface area (Å²) >= 11 is 0. The molecular formula is C25H24F9N3O3. The van der Waals surface area contributed by atoms with E-state index >= 15 is 0 Å². The number of aromatic nitrogens is 1. The first-order chi connectivity index (χ1) is 18.3. The lowest BCUT2D eigenvalue weighted by molar-refractivity contribution is -0.143. The van der Waals surface area contributed by atoms with E-state index in [1.54, 1.807) is 13.8 Å². The lowest BCUT2D eigenvalue weighted by Crippen LogP contribution is -2.35. The van der Waals surface area contributed by atoms with Crippen LogP contribution in [-0.2, 0) is 34.6 Å². The summed E-state index contributed by atoms with van der Waals surface area (Å²) in [6.45, 7) is 3.20. The molecule has 0 spiro atoms. The van der Waals surface area contributed by atoms with E-state index < -0.39 is 77.3 Å². The Morgan fingerprint density at radius 2 is 1.55 bits per heavy atom. The van der Waals surface area contributed by atoms with Crippen LogP contribution in [0.1, 0.15) is 67.7 Å². The fraction of sp³-hybridized carbons (Fsp3) is 0.480. The number of fused-ring (bicyclic) bond motifs is 1. The van der Waals surface area contributed by atoms with Gasteiger partial charge in [-0.1, -0.05) is 0 Å². The number of benzene rings is 1. The molecule has 15 heteroatoms. The molecular weight excluding hydrogens is 561 g/mol. The lowest BCUT2D eigenvalue weighted by Gasteiger charge is -2.32. The quantitative estimate of drug-likeness (QED) is 0.352. The fourth-order valence-corrected chi connectivity index (χ4v) is 4.31. The Morgan fingerprint density at radius 3 is 2.02 bits per heavy atom. The Morgan fingerprint density at radius 1 is 0.975 bits per heavy atom. The monoisotopic (exact) mass is 585 g/mol. The van der Waals surface area contributed by atoms with Crippen molar-refractivity contribution in [2.24, 2.45) is 0 Å². The molecule has 1 aliphatic rings. The van der Waals surface area contributed by atoms with Crippen LogP contribution in [0.4, 0.5) is 50.0 Å². The highest BCUT2D eigenvalue weighted by atomic mass is 19.4. The van der Waals surface area contributed by atoms with Crippen molar-refractivity contribution in [3.8, 4) is 0 Å². The number of anilines is 1. The predicted octanol–water partition coefficient (Wildman–Crippen LogP) is 7.37. The van der Waals surface area contributed by atoms with Crippen molar-refractivity contribution < 1.29 is 53.8 Å². The summed E-state index contributed by atoms with van der Waals surface area (Å²) in [6, 6.07) is 1.07. The van der Waals surface area contributed by atoms with Gasteiger partial charge in [0.2, 0.25) is 5.91 Å². The topological polar surface area (TPSA) is 62.7 Å². The highest BCUT2D eigenvalue weighted by molar-refractivity contribution is 5.89. The summed E-state index contributed by atoms with van der Waals surface area (Å²) < 4.78 is 126. The number of halogens is 9. The zero-order chi connectivity index (χ0) is 30.2. The largest absolute Gasteiger partial charge is 0.446 e. The van der Waals surface area contributed by atoms with E-state index in [4.69, 9.17) is 4.74 Å². The van der Waals surface area contributed by atoms with E-state index in [9.17, 15) is 49.1 Å². The summed E-state index contributed by atoms with van der Waals surface area (Å²) in [4.78, 5) is 31.0. The number of hydrogen-bond acceptors (Lipinski definition) is 4. The van der Waals surface area contributed by atoms with Crippen LogP contribution < -0.4 is 4.90 Å². The van der Waals surface area contributed by atoms with Gasteiger partial charge >= 0.3 is 24.6 Å². The SMILES string of the molecule is CC(=O)N(Cc1cc(C(F)(F)F)cc(C(F)(F)F)c1)C1CCCN(C(=O)OC(C)C)c2ccc(C(F)(F)F)nc21. The van der Waals surface area contributed by atoms with Gasteiger partial charge in [0.05, 0.1) is 34.7 Å². The zero-order valence-electron chi connectivity index (χ0n) is 21.3. The van der Waals surface area contributed by atoms with Crippen molar-refractivity contribution in [1.82, 2.24) is 9.88 Å². The normalized spacial score (nSPS) is 16.4. The average Bonchev–Trinajstić information content (AvgIpc) is 2.99. The van der Waals surface area contributed by atoms with Crippen LogP contribution in [0.15, 0.2) is 30.3 Å². The Bertz CT molecular complexity index is 1220. The minimum absolute atomic E-state index is 0.0599. The van der Waals surface area contributed by atoms with Gasteiger partial charge < -0.3 is 9.64 Å². The second kappa shape index (κ2) is 11.2. The molecule has 0 N–H and O–H groups in total. The molecule has 2 amide bonds. The van der Waals surface area contributed by atoms with Gasteiger partial charge in [-0.3, -0.25) is 9.69 Å². The number of alkyl halides is 9. The van der Waals surface area contributed by atoms with E-state index in [2.05, 4.69) is 4.98 Å². The van der Waals surface area contributed by atoms with Crippen LogP contribution in [0.25, 0.3) is 0 Å². The van der Waals surface area contributed by atoms with E-state index in [1.165, 1.54) is 0 Å². The molecule has 0 radical (unpaired) electrons. The fourth-order valence-electron chi connectivity index (χ4n) is 4.31. The predicted molar refractivity (Wildman–Crippen MR) is 123 cm³/mol. The maximum Gasteiger partial charge on any atom is 0.433 e. The zero-order valence-corrected chi connectivity index (χ0v) is 21.3. The summed E-state index contributed by atoms with van der Waals surface area (Å²) in [7, 11) is 0. The third-order valence-corrected chi connectivity index (χ3v) is 6.00. The van der Waals surface area contributed by atoms with Crippen molar-refractivity contribution in [2.75, 3.05) is 11.4 Å². The molecule has 2 aromatic rings. The Labute approximate surface area is 222 Å². The molecule has 40 heavy (non-hydrogen) atoms.